The molecule has 0 aliphatic carbocycles. The second kappa shape index (κ2) is 6.83. The summed E-state index contributed by atoms with van der Waals surface area (Å²) in [6, 6.07) is 3.42. The van der Waals surface area contributed by atoms with Gasteiger partial charge in [-0.1, -0.05) is 6.07 Å². The maximum absolute atomic E-state index is 12.4. The van der Waals surface area contributed by atoms with Crippen molar-refractivity contribution in [2.24, 2.45) is 11.7 Å². The first-order chi connectivity index (χ1) is 11.5. The maximum Gasteiger partial charge on any atom is 0.302 e. The van der Waals surface area contributed by atoms with Crippen LogP contribution < -0.4 is 11.1 Å². The van der Waals surface area contributed by atoms with Crippen LogP contribution in [0.3, 0.4) is 0 Å². The first-order valence-corrected chi connectivity index (χ1v) is 8.31. The van der Waals surface area contributed by atoms with Gasteiger partial charge in [0.15, 0.2) is 5.69 Å². The number of nitrogens with two attached hydrogens (primary N) is 1. The molecule has 1 aliphatic rings. The molecule has 0 spiro atoms. The molecule has 8 nitrogen and oxygen atoms in total. The number of thiophene rings is 1. The number of aromatic nitrogens is 1. The molecule has 3 rings (SSSR count). The standard InChI is InChI=1S/C15H16N4O4S/c16-12(20)9-3-5-19(6-4-9)14(22)10-8-23-15(17-10)18-13(21)11-2-1-7-24-11/h1-2,7-9H,3-6H2,(H2,16,20)(H,17,18,21). The lowest BCUT2D eigenvalue weighted by atomic mass is 9.96. The molecule has 0 unspecified atom stereocenters. The summed E-state index contributed by atoms with van der Waals surface area (Å²) in [7, 11) is 0. The van der Waals surface area contributed by atoms with Gasteiger partial charge in [0.05, 0.1) is 4.88 Å². The van der Waals surface area contributed by atoms with E-state index in [4.69, 9.17) is 10.2 Å². The average molecular weight is 348 g/mol. The number of oxazole rings is 1. The van der Waals surface area contributed by atoms with Crippen molar-refractivity contribution in [2.75, 3.05) is 18.4 Å². The Hall–Kier alpha value is -2.68. The normalized spacial score (nSPS) is 15.2. The zero-order valence-electron chi connectivity index (χ0n) is 12.7. The van der Waals surface area contributed by atoms with E-state index >= 15 is 0 Å². The third-order valence-electron chi connectivity index (χ3n) is 3.87. The minimum Gasteiger partial charge on any atom is -0.431 e. The van der Waals surface area contributed by atoms with Crippen LogP contribution in [0.15, 0.2) is 28.2 Å². The third kappa shape index (κ3) is 3.46. The Balaban J connectivity index is 1.60. The quantitative estimate of drug-likeness (QED) is 0.864. The molecule has 126 valence electrons. The number of rotatable bonds is 4. The number of carbonyl (C=O) groups is 3. The predicted molar refractivity (Wildman–Crippen MR) is 86.6 cm³/mol. The Morgan fingerprint density at radius 2 is 2.08 bits per heavy atom. The Kier molecular flexibility index (Phi) is 4.61. The van der Waals surface area contributed by atoms with Crippen LogP contribution in [-0.2, 0) is 4.79 Å². The number of likely N-dealkylation sites (tertiary alicyclic amines) is 1. The van der Waals surface area contributed by atoms with E-state index in [1.165, 1.54) is 17.6 Å². The van der Waals surface area contributed by atoms with Crippen molar-refractivity contribution in [3.05, 3.63) is 34.3 Å². The molecule has 9 heteroatoms. The van der Waals surface area contributed by atoms with Crippen LogP contribution in [0.25, 0.3) is 0 Å². The summed E-state index contributed by atoms with van der Waals surface area (Å²) in [4.78, 5) is 41.6. The van der Waals surface area contributed by atoms with Gasteiger partial charge in [0, 0.05) is 19.0 Å². The summed E-state index contributed by atoms with van der Waals surface area (Å²) in [5, 5.41) is 4.29. The number of nitrogens with one attached hydrogen (secondary N) is 1. The van der Waals surface area contributed by atoms with Gasteiger partial charge in [-0.05, 0) is 24.3 Å². The minimum absolute atomic E-state index is 0.0243. The largest absolute Gasteiger partial charge is 0.431 e. The van der Waals surface area contributed by atoms with Crippen LogP contribution in [0.4, 0.5) is 6.01 Å². The summed E-state index contributed by atoms with van der Waals surface area (Å²) in [6.45, 7) is 0.881. The van der Waals surface area contributed by atoms with Gasteiger partial charge in [-0.3, -0.25) is 19.7 Å². The van der Waals surface area contributed by atoms with E-state index in [-0.39, 0.29) is 35.3 Å². The Bertz CT molecular complexity index is 747. The van der Waals surface area contributed by atoms with Gasteiger partial charge in [-0.15, -0.1) is 11.3 Å². The van der Waals surface area contributed by atoms with Crippen LogP contribution in [-0.4, -0.2) is 40.7 Å². The minimum atomic E-state index is -0.340. The summed E-state index contributed by atoms with van der Waals surface area (Å²) in [5.74, 6) is -1.15. The molecule has 2 aromatic heterocycles. The first kappa shape index (κ1) is 16.2. The highest BCUT2D eigenvalue weighted by atomic mass is 32.1. The number of nitrogens with zero attached hydrogens (tertiary/aromatic N) is 2. The van der Waals surface area contributed by atoms with Gasteiger partial charge in [0.1, 0.15) is 6.26 Å². The van der Waals surface area contributed by atoms with Gasteiger partial charge in [-0.25, -0.2) is 0 Å². The Morgan fingerprint density at radius 1 is 1.33 bits per heavy atom. The van der Waals surface area contributed by atoms with Gasteiger partial charge in [0.25, 0.3) is 11.8 Å². The van der Waals surface area contributed by atoms with Gasteiger partial charge >= 0.3 is 6.01 Å². The molecule has 2 aromatic rings. The van der Waals surface area contributed by atoms with Crippen molar-refractivity contribution in [1.29, 1.82) is 0 Å². The van der Waals surface area contributed by atoms with Crippen LogP contribution in [0, 0.1) is 5.92 Å². The molecule has 0 radical (unpaired) electrons. The molecule has 0 aromatic carbocycles. The lowest BCUT2D eigenvalue weighted by Gasteiger charge is -2.29. The molecule has 3 N–H and O–H groups in total. The Morgan fingerprint density at radius 3 is 2.71 bits per heavy atom. The number of carbonyl (C=O) groups excluding carboxylic acids is 3. The fourth-order valence-electron chi connectivity index (χ4n) is 2.52. The van der Waals surface area contributed by atoms with Crippen LogP contribution in [0.5, 0.6) is 0 Å². The zero-order chi connectivity index (χ0) is 17.1. The SMILES string of the molecule is NC(=O)C1CCN(C(=O)c2coc(NC(=O)c3cccs3)n2)CC1. The van der Waals surface area contributed by atoms with Crippen molar-refractivity contribution in [1.82, 2.24) is 9.88 Å². The van der Waals surface area contributed by atoms with Crippen LogP contribution in [0.2, 0.25) is 0 Å². The summed E-state index contributed by atoms with van der Waals surface area (Å²) in [6.07, 6.45) is 2.30. The van der Waals surface area contributed by atoms with Crippen molar-refractivity contribution in [2.45, 2.75) is 12.8 Å². The summed E-state index contributed by atoms with van der Waals surface area (Å²) < 4.78 is 5.14. The molecule has 3 heterocycles. The molecule has 3 amide bonds. The fraction of sp³-hybridized carbons (Fsp3) is 0.333. The smallest absolute Gasteiger partial charge is 0.302 e. The van der Waals surface area contributed by atoms with Crippen LogP contribution >= 0.6 is 11.3 Å². The van der Waals surface area contributed by atoms with E-state index in [0.717, 1.165) is 0 Å². The predicted octanol–water partition coefficient (Wildman–Crippen LogP) is 1.33. The van der Waals surface area contributed by atoms with E-state index < -0.39 is 0 Å². The molecule has 0 saturated carbocycles. The molecule has 0 atom stereocenters. The lowest BCUT2D eigenvalue weighted by molar-refractivity contribution is -0.123. The third-order valence-corrected chi connectivity index (χ3v) is 4.74. The van der Waals surface area contributed by atoms with Gasteiger partial charge < -0.3 is 15.1 Å². The second-order valence-electron chi connectivity index (χ2n) is 5.44. The van der Waals surface area contributed by atoms with Crippen molar-refractivity contribution >= 4 is 35.1 Å². The van der Waals surface area contributed by atoms with Crippen molar-refractivity contribution < 1.29 is 18.8 Å². The molecular weight excluding hydrogens is 332 g/mol. The zero-order valence-corrected chi connectivity index (χ0v) is 13.5. The summed E-state index contributed by atoms with van der Waals surface area (Å²) in [5.41, 5.74) is 5.40. The van der Waals surface area contributed by atoms with Crippen LogP contribution in [0.1, 0.15) is 33.0 Å². The second-order valence-corrected chi connectivity index (χ2v) is 6.39. The molecule has 1 saturated heterocycles. The average Bonchev–Trinajstić information content (AvgIpc) is 3.26. The number of piperidine rings is 1. The maximum atomic E-state index is 12.4. The molecule has 24 heavy (non-hydrogen) atoms. The van der Waals surface area contributed by atoms with Gasteiger partial charge in [0.2, 0.25) is 5.91 Å². The fourth-order valence-corrected chi connectivity index (χ4v) is 3.14. The highest BCUT2D eigenvalue weighted by Crippen LogP contribution is 2.19. The summed E-state index contributed by atoms with van der Waals surface area (Å²) >= 11 is 1.29. The first-order valence-electron chi connectivity index (χ1n) is 7.43. The Labute approximate surface area is 141 Å². The highest BCUT2D eigenvalue weighted by Gasteiger charge is 2.28. The van der Waals surface area contributed by atoms with E-state index in [9.17, 15) is 14.4 Å². The molecule has 0 bridgehead atoms. The monoisotopic (exact) mass is 348 g/mol. The number of hydrogen-bond acceptors (Lipinski definition) is 6. The van der Waals surface area contributed by atoms with E-state index in [1.807, 2.05) is 0 Å². The number of hydrogen-bond donors (Lipinski definition) is 2. The van der Waals surface area contributed by atoms with E-state index in [0.29, 0.717) is 30.8 Å². The lowest BCUT2D eigenvalue weighted by Crippen LogP contribution is -2.41. The molecular formula is C15H16N4O4S. The number of amides is 3. The van der Waals surface area contributed by atoms with Gasteiger partial charge in [-0.2, -0.15) is 4.98 Å². The highest BCUT2D eigenvalue weighted by molar-refractivity contribution is 7.12. The van der Waals surface area contributed by atoms with E-state index in [2.05, 4.69) is 10.3 Å². The molecule has 1 aliphatic heterocycles. The van der Waals surface area contributed by atoms with E-state index in [1.54, 1.807) is 22.4 Å². The number of primary amides is 1. The molecule has 1 fully saturated rings. The topological polar surface area (TPSA) is 119 Å². The number of anilines is 1. The van der Waals surface area contributed by atoms with Crippen molar-refractivity contribution in [3.8, 4) is 0 Å². The van der Waals surface area contributed by atoms with Crippen molar-refractivity contribution in [3.63, 3.8) is 0 Å².